The number of carboxylic acids is 1. The fourth-order valence-corrected chi connectivity index (χ4v) is 3.84. The van der Waals surface area contributed by atoms with Crippen LogP contribution in [0.4, 0.5) is 0 Å². The number of aromatic nitrogens is 1. The lowest BCUT2D eigenvalue weighted by Gasteiger charge is -2.34. The Morgan fingerprint density at radius 1 is 1.40 bits per heavy atom. The molecule has 2 heterocycles. The molecule has 0 saturated heterocycles. The van der Waals surface area contributed by atoms with Crippen LogP contribution in [0.15, 0.2) is 12.1 Å². The molecule has 2 aromatic heterocycles. The van der Waals surface area contributed by atoms with Gasteiger partial charge in [-0.2, -0.15) is 0 Å². The van der Waals surface area contributed by atoms with Crippen LogP contribution < -0.4 is 0 Å². The molecule has 0 amide bonds. The molecule has 106 valence electrons. The molecular formula is C16H19NO2S. The van der Waals surface area contributed by atoms with E-state index in [0.717, 1.165) is 28.8 Å². The van der Waals surface area contributed by atoms with Gasteiger partial charge in [-0.1, -0.05) is 20.8 Å². The SMILES string of the molecule is CC(C)(C)[C@H]1CCc2nc3sc(C(=O)O)cc3cc2C1. The molecule has 0 radical (unpaired) electrons. The van der Waals surface area contributed by atoms with E-state index in [1.54, 1.807) is 6.07 Å². The zero-order valence-electron chi connectivity index (χ0n) is 12.1. The number of carbonyl (C=O) groups is 1. The molecule has 0 unspecified atom stereocenters. The van der Waals surface area contributed by atoms with E-state index in [2.05, 4.69) is 26.8 Å². The molecule has 0 bridgehead atoms. The third-order valence-electron chi connectivity index (χ3n) is 4.31. The number of hydrogen-bond donors (Lipinski definition) is 1. The van der Waals surface area contributed by atoms with Crippen LogP contribution in [0, 0.1) is 11.3 Å². The van der Waals surface area contributed by atoms with Crippen LogP contribution in [0.2, 0.25) is 0 Å². The summed E-state index contributed by atoms with van der Waals surface area (Å²) >= 11 is 1.27. The Balaban J connectivity index is 2.02. The van der Waals surface area contributed by atoms with Crippen molar-refractivity contribution in [2.45, 2.75) is 40.0 Å². The molecule has 0 saturated carbocycles. The highest BCUT2D eigenvalue weighted by atomic mass is 32.1. The van der Waals surface area contributed by atoms with Crippen molar-refractivity contribution in [3.8, 4) is 0 Å². The van der Waals surface area contributed by atoms with Gasteiger partial charge < -0.3 is 5.11 Å². The fraction of sp³-hybridized carbons (Fsp3) is 0.500. The topological polar surface area (TPSA) is 50.2 Å². The van der Waals surface area contributed by atoms with E-state index in [-0.39, 0.29) is 0 Å². The van der Waals surface area contributed by atoms with Gasteiger partial charge in [0.15, 0.2) is 0 Å². The van der Waals surface area contributed by atoms with Crippen LogP contribution >= 0.6 is 11.3 Å². The number of thiophene rings is 1. The van der Waals surface area contributed by atoms with Crippen molar-refractivity contribution in [3.05, 3.63) is 28.3 Å². The molecule has 20 heavy (non-hydrogen) atoms. The van der Waals surface area contributed by atoms with E-state index in [4.69, 9.17) is 10.1 Å². The van der Waals surface area contributed by atoms with Crippen LogP contribution in [0.1, 0.15) is 48.1 Å². The Hall–Kier alpha value is -1.42. The second-order valence-corrected chi connectivity index (χ2v) is 7.74. The van der Waals surface area contributed by atoms with Crippen LogP contribution in [-0.2, 0) is 12.8 Å². The zero-order valence-corrected chi connectivity index (χ0v) is 12.9. The zero-order chi connectivity index (χ0) is 14.5. The number of pyridine rings is 1. The molecule has 0 spiro atoms. The summed E-state index contributed by atoms with van der Waals surface area (Å²) in [6.07, 6.45) is 3.24. The van der Waals surface area contributed by atoms with E-state index < -0.39 is 5.97 Å². The van der Waals surface area contributed by atoms with E-state index in [0.29, 0.717) is 16.2 Å². The number of rotatable bonds is 1. The average Bonchev–Trinajstić information content (AvgIpc) is 2.77. The molecule has 1 N–H and O–H groups in total. The van der Waals surface area contributed by atoms with Gasteiger partial charge >= 0.3 is 5.97 Å². The molecule has 0 aromatic carbocycles. The molecule has 3 nitrogen and oxygen atoms in total. The summed E-state index contributed by atoms with van der Waals surface area (Å²) in [5, 5.41) is 10.1. The molecular weight excluding hydrogens is 270 g/mol. The molecule has 0 aliphatic heterocycles. The predicted molar refractivity (Wildman–Crippen MR) is 81.5 cm³/mol. The standard InChI is InChI=1S/C16H19NO2S/c1-16(2,3)11-4-5-12-9(7-11)6-10-8-13(15(18)19)20-14(10)17-12/h6,8,11H,4-5,7H2,1-3H3,(H,18,19)/t11-/m0/s1. The highest BCUT2D eigenvalue weighted by molar-refractivity contribution is 7.20. The minimum Gasteiger partial charge on any atom is -0.477 e. The summed E-state index contributed by atoms with van der Waals surface area (Å²) in [6, 6.07) is 3.90. The predicted octanol–water partition coefficient (Wildman–Crippen LogP) is 4.15. The van der Waals surface area contributed by atoms with Crippen LogP contribution in [0.5, 0.6) is 0 Å². The first kappa shape index (κ1) is 13.6. The van der Waals surface area contributed by atoms with Gasteiger partial charge in [0.2, 0.25) is 0 Å². The van der Waals surface area contributed by atoms with E-state index in [9.17, 15) is 4.79 Å². The third-order valence-corrected chi connectivity index (χ3v) is 5.34. The highest BCUT2D eigenvalue weighted by Gasteiger charge is 2.29. The minimum atomic E-state index is -0.862. The summed E-state index contributed by atoms with van der Waals surface area (Å²) in [5.41, 5.74) is 2.78. The monoisotopic (exact) mass is 289 g/mol. The van der Waals surface area contributed by atoms with Gasteiger partial charge in [-0.3, -0.25) is 0 Å². The Morgan fingerprint density at radius 2 is 2.15 bits per heavy atom. The van der Waals surface area contributed by atoms with Crippen molar-refractivity contribution in [2.75, 3.05) is 0 Å². The molecule has 3 rings (SSSR count). The number of aromatic carboxylic acids is 1. The van der Waals surface area contributed by atoms with E-state index >= 15 is 0 Å². The highest BCUT2D eigenvalue weighted by Crippen LogP contribution is 2.38. The number of aryl methyl sites for hydroxylation is 1. The summed E-state index contributed by atoms with van der Waals surface area (Å²) < 4.78 is 0. The minimum absolute atomic E-state index is 0.313. The smallest absolute Gasteiger partial charge is 0.345 e. The fourth-order valence-electron chi connectivity index (χ4n) is 2.97. The first-order chi connectivity index (χ1) is 9.34. The van der Waals surface area contributed by atoms with Gasteiger partial charge in [0, 0.05) is 11.1 Å². The van der Waals surface area contributed by atoms with Crippen molar-refractivity contribution in [1.29, 1.82) is 0 Å². The molecule has 1 aliphatic carbocycles. The van der Waals surface area contributed by atoms with Gasteiger partial charge in [0.05, 0.1) is 0 Å². The Morgan fingerprint density at radius 3 is 2.80 bits per heavy atom. The summed E-state index contributed by atoms with van der Waals surface area (Å²) in [5.74, 6) is -0.189. The number of fused-ring (bicyclic) bond motifs is 2. The number of hydrogen-bond acceptors (Lipinski definition) is 3. The van der Waals surface area contributed by atoms with Crippen molar-refractivity contribution in [1.82, 2.24) is 4.98 Å². The molecule has 1 atom stereocenters. The first-order valence-electron chi connectivity index (χ1n) is 7.00. The van der Waals surface area contributed by atoms with E-state index in [1.807, 2.05) is 0 Å². The van der Waals surface area contributed by atoms with Gasteiger partial charge in [-0.05, 0) is 48.3 Å². The second kappa shape index (κ2) is 4.55. The Bertz CT molecular complexity index is 682. The Labute approximate surface area is 122 Å². The van der Waals surface area contributed by atoms with Crippen molar-refractivity contribution >= 4 is 27.5 Å². The van der Waals surface area contributed by atoms with Crippen LogP contribution in [0.25, 0.3) is 10.2 Å². The largest absolute Gasteiger partial charge is 0.477 e. The number of carboxylic acid groups (broad SMARTS) is 1. The van der Waals surface area contributed by atoms with Crippen LogP contribution in [-0.4, -0.2) is 16.1 Å². The summed E-state index contributed by atoms with van der Waals surface area (Å²) in [6.45, 7) is 6.88. The quantitative estimate of drug-likeness (QED) is 0.858. The van der Waals surface area contributed by atoms with E-state index in [1.165, 1.54) is 23.3 Å². The lowest BCUT2D eigenvalue weighted by molar-refractivity contribution is 0.0702. The summed E-state index contributed by atoms with van der Waals surface area (Å²) in [4.78, 5) is 17.0. The molecule has 4 heteroatoms. The van der Waals surface area contributed by atoms with Crippen molar-refractivity contribution in [2.24, 2.45) is 11.3 Å². The third kappa shape index (κ3) is 2.33. The average molecular weight is 289 g/mol. The first-order valence-corrected chi connectivity index (χ1v) is 7.82. The second-order valence-electron chi connectivity index (χ2n) is 6.71. The maximum Gasteiger partial charge on any atom is 0.345 e. The molecule has 2 aromatic rings. The lowest BCUT2D eigenvalue weighted by atomic mass is 9.71. The summed E-state index contributed by atoms with van der Waals surface area (Å²) in [7, 11) is 0. The lowest BCUT2D eigenvalue weighted by Crippen LogP contribution is -2.27. The maximum atomic E-state index is 11.1. The maximum absolute atomic E-state index is 11.1. The van der Waals surface area contributed by atoms with Gasteiger partial charge in [-0.25, -0.2) is 9.78 Å². The van der Waals surface area contributed by atoms with Crippen molar-refractivity contribution < 1.29 is 9.90 Å². The molecule has 1 aliphatic rings. The van der Waals surface area contributed by atoms with Gasteiger partial charge in [0.25, 0.3) is 0 Å². The van der Waals surface area contributed by atoms with Crippen LogP contribution in [0.3, 0.4) is 0 Å². The Kier molecular flexibility index (Phi) is 3.09. The van der Waals surface area contributed by atoms with Gasteiger partial charge in [-0.15, -0.1) is 11.3 Å². The molecule has 0 fully saturated rings. The van der Waals surface area contributed by atoms with Gasteiger partial charge in [0.1, 0.15) is 9.71 Å². The van der Waals surface area contributed by atoms with Crippen molar-refractivity contribution in [3.63, 3.8) is 0 Å². The normalized spacial score (nSPS) is 19.1. The number of nitrogens with zero attached hydrogens (tertiary/aromatic N) is 1.